The van der Waals surface area contributed by atoms with Crippen LogP contribution in [0.15, 0.2) is 23.7 Å². The molecule has 0 saturated heterocycles. The number of halogens is 5. The molecule has 0 radical (unpaired) electrons. The largest absolute Gasteiger partial charge is 0.434 e. The lowest BCUT2D eigenvalue weighted by molar-refractivity contribution is -0.141. The van der Waals surface area contributed by atoms with Crippen molar-refractivity contribution >= 4 is 45.5 Å². The van der Waals surface area contributed by atoms with Gasteiger partial charge in [-0.15, -0.1) is 11.3 Å². The molecule has 0 spiro atoms. The summed E-state index contributed by atoms with van der Waals surface area (Å²) in [5, 5.41) is 2.11. The monoisotopic (exact) mass is 416 g/mol. The van der Waals surface area contributed by atoms with Gasteiger partial charge < -0.3 is 5.32 Å². The number of carbonyl (C=O) groups excluding carboxylic acids is 1. The van der Waals surface area contributed by atoms with Crippen LogP contribution in [-0.2, 0) is 6.18 Å². The number of nitrogens with one attached hydrogen (secondary N) is 1. The highest BCUT2D eigenvalue weighted by Gasteiger charge is 2.38. The molecule has 1 aromatic heterocycles. The Kier molecular flexibility index (Phi) is 4.28. The first-order valence-electron chi connectivity index (χ1n) is 5.06. The number of aromatic nitrogens is 1. The standard InChI is InChI=1S/C11H5F4IN2OS/c12-6-3-5(16)1-2-7(6)18-10(19)8-9(11(13,14)15)17-4-20-8/h1-4H,(H,18,19). The summed E-state index contributed by atoms with van der Waals surface area (Å²) >= 11 is 2.42. The summed E-state index contributed by atoms with van der Waals surface area (Å²) in [5.41, 5.74) is -0.537. The Labute approximate surface area is 128 Å². The van der Waals surface area contributed by atoms with Crippen molar-refractivity contribution in [3.05, 3.63) is 43.7 Å². The maximum Gasteiger partial charge on any atom is 0.434 e. The molecule has 1 aromatic carbocycles. The lowest BCUT2D eigenvalue weighted by Crippen LogP contribution is -2.17. The minimum atomic E-state index is -4.72. The van der Waals surface area contributed by atoms with Crippen LogP contribution in [0.25, 0.3) is 0 Å². The van der Waals surface area contributed by atoms with Crippen LogP contribution in [0, 0.1) is 9.39 Å². The maximum atomic E-state index is 13.5. The molecule has 0 atom stereocenters. The predicted octanol–water partition coefficient (Wildman–Crippen LogP) is 4.16. The number of benzene rings is 1. The highest BCUT2D eigenvalue weighted by molar-refractivity contribution is 14.1. The van der Waals surface area contributed by atoms with Crippen LogP contribution < -0.4 is 5.32 Å². The zero-order chi connectivity index (χ0) is 14.9. The van der Waals surface area contributed by atoms with Crippen molar-refractivity contribution in [3.63, 3.8) is 0 Å². The Bertz CT molecular complexity index is 656. The molecular formula is C11H5F4IN2OS. The molecule has 0 fully saturated rings. The van der Waals surface area contributed by atoms with Crippen LogP contribution >= 0.6 is 33.9 Å². The van der Waals surface area contributed by atoms with E-state index in [1.807, 2.05) is 22.6 Å². The first kappa shape index (κ1) is 15.2. The van der Waals surface area contributed by atoms with Gasteiger partial charge >= 0.3 is 6.18 Å². The van der Waals surface area contributed by atoms with Gasteiger partial charge in [0.15, 0.2) is 5.69 Å². The molecule has 0 aliphatic rings. The summed E-state index contributed by atoms with van der Waals surface area (Å²) < 4.78 is 51.9. The quantitative estimate of drug-likeness (QED) is 0.591. The zero-order valence-electron chi connectivity index (χ0n) is 9.46. The van der Waals surface area contributed by atoms with E-state index in [1.54, 1.807) is 0 Å². The van der Waals surface area contributed by atoms with E-state index in [1.165, 1.54) is 12.1 Å². The normalized spacial score (nSPS) is 11.4. The first-order valence-corrected chi connectivity index (χ1v) is 7.02. The topological polar surface area (TPSA) is 42.0 Å². The molecule has 0 bridgehead atoms. The summed E-state index contributed by atoms with van der Waals surface area (Å²) in [7, 11) is 0. The molecule has 9 heteroatoms. The van der Waals surface area contributed by atoms with Gasteiger partial charge in [-0.05, 0) is 40.8 Å². The van der Waals surface area contributed by atoms with Crippen molar-refractivity contribution < 1.29 is 22.4 Å². The second-order valence-corrected chi connectivity index (χ2v) is 5.71. The molecule has 0 aliphatic heterocycles. The van der Waals surface area contributed by atoms with E-state index in [0.717, 1.165) is 11.6 Å². The maximum absolute atomic E-state index is 13.5. The number of alkyl halides is 3. The third kappa shape index (κ3) is 3.26. The highest BCUT2D eigenvalue weighted by atomic mass is 127. The lowest BCUT2D eigenvalue weighted by Gasteiger charge is -2.08. The number of thiazole rings is 1. The molecular weight excluding hydrogens is 411 g/mol. The Morgan fingerprint density at radius 1 is 1.35 bits per heavy atom. The van der Waals surface area contributed by atoms with E-state index in [-0.39, 0.29) is 5.69 Å². The molecule has 0 aliphatic carbocycles. The van der Waals surface area contributed by atoms with Crippen LogP contribution in [0.4, 0.5) is 23.2 Å². The smallest absolute Gasteiger partial charge is 0.319 e. The van der Waals surface area contributed by atoms with Crippen molar-refractivity contribution in [1.29, 1.82) is 0 Å². The second-order valence-electron chi connectivity index (χ2n) is 3.61. The summed E-state index contributed by atoms with van der Waals surface area (Å²) in [6.45, 7) is 0. The van der Waals surface area contributed by atoms with E-state index < -0.39 is 28.5 Å². The molecule has 1 N–H and O–H groups in total. The molecule has 0 saturated carbocycles. The highest BCUT2D eigenvalue weighted by Crippen LogP contribution is 2.33. The summed E-state index contributed by atoms with van der Waals surface area (Å²) in [5.74, 6) is -1.76. The van der Waals surface area contributed by atoms with E-state index >= 15 is 0 Å². The van der Waals surface area contributed by atoms with Crippen molar-refractivity contribution in [1.82, 2.24) is 4.98 Å². The van der Waals surface area contributed by atoms with Gasteiger partial charge in [0.25, 0.3) is 5.91 Å². The second kappa shape index (κ2) is 5.64. The van der Waals surface area contributed by atoms with Gasteiger partial charge in [-0.3, -0.25) is 4.79 Å². The Balaban J connectivity index is 2.27. The van der Waals surface area contributed by atoms with Gasteiger partial charge in [-0.25, -0.2) is 9.37 Å². The van der Waals surface area contributed by atoms with E-state index in [9.17, 15) is 22.4 Å². The zero-order valence-corrected chi connectivity index (χ0v) is 12.4. The van der Waals surface area contributed by atoms with Crippen LogP contribution in [0.1, 0.15) is 15.4 Å². The average molecular weight is 416 g/mol. The number of rotatable bonds is 2. The minimum Gasteiger partial charge on any atom is -0.319 e. The van der Waals surface area contributed by atoms with Crippen molar-refractivity contribution in [2.24, 2.45) is 0 Å². The Morgan fingerprint density at radius 2 is 2.05 bits per heavy atom. The molecule has 3 nitrogen and oxygen atoms in total. The third-order valence-corrected chi connectivity index (χ3v) is 3.72. The van der Waals surface area contributed by atoms with Crippen LogP contribution in [0.2, 0.25) is 0 Å². The summed E-state index contributed by atoms with van der Waals surface area (Å²) in [6.07, 6.45) is -4.72. The van der Waals surface area contributed by atoms with Crippen molar-refractivity contribution in [2.75, 3.05) is 5.32 Å². The summed E-state index contributed by atoms with van der Waals surface area (Å²) in [4.78, 5) is 14.3. The summed E-state index contributed by atoms with van der Waals surface area (Å²) in [6, 6.07) is 3.97. The van der Waals surface area contributed by atoms with Crippen LogP contribution in [0.5, 0.6) is 0 Å². The van der Waals surface area contributed by atoms with Crippen LogP contribution in [0.3, 0.4) is 0 Å². The molecule has 1 amide bonds. The number of anilines is 1. The van der Waals surface area contributed by atoms with Gasteiger partial charge in [0.1, 0.15) is 10.7 Å². The fraction of sp³-hybridized carbons (Fsp3) is 0.0909. The van der Waals surface area contributed by atoms with Crippen molar-refractivity contribution in [2.45, 2.75) is 6.18 Å². The van der Waals surface area contributed by atoms with Gasteiger partial charge in [0.05, 0.1) is 11.2 Å². The average Bonchev–Trinajstić information content (AvgIpc) is 2.81. The fourth-order valence-corrected chi connectivity index (χ4v) is 2.53. The molecule has 20 heavy (non-hydrogen) atoms. The van der Waals surface area contributed by atoms with E-state index in [0.29, 0.717) is 14.9 Å². The van der Waals surface area contributed by atoms with Gasteiger partial charge in [0.2, 0.25) is 0 Å². The first-order chi connectivity index (χ1) is 9.29. The molecule has 106 valence electrons. The number of amides is 1. The number of hydrogen-bond acceptors (Lipinski definition) is 3. The van der Waals surface area contributed by atoms with Crippen LogP contribution in [-0.4, -0.2) is 10.9 Å². The molecule has 2 aromatic rings. The number of hydrogen-bond donors (Lipinski definition) is 1. The third-order valence-electron chi connectivity index (χ3n) is 2.22. The Hall–Kier alpha value is -1.23. The van der Waals surface area contributed by atoms with Gasteiger partial charge in [0, 0.05) is 3.57 Å². The number of carbonyl (C=O) groups is 1. The van der Waals surface area contributed by atoms with Gasteiger partial charge in [-0.1, -0.05) is 0 Å². The van der Waals surface area contributed by atoms with Gasteiger partial charge in [-0.2, -0.15) is 13.2 Å². The van der Waals surface area contributed by atoms with E-state index in [2.05, 4.69) is 10.3 Å². The minimum absolute atomic E-state index is 0.183. The molecule has 1 heterocycles. The fourth-order valence-electron chi connectivity index (χ4n) is 1.38. The molecule has 0 unspecified atom stereocenters. The Morgan fingerprint density at radius 3 is 2.65 bits per heavy atom. The number of nitrogens with zero attached hydrogens (tertiary/aromatic N) is 1. The molecule has 2 rings (SSSR count). The van der Waals surface area contributed by atoms with E-state index in [4.69, 9.17) is 0 Å². The SMILES string of the molecule is O=C(Nc1ccc(I)cc1F)c1scnc1C(F)(F)F. The van der Waals surface area contributed by atoms with Crippen molar-refractivity contribution in [3.8, 4) is 0 Å². The lowest BCUT2D eigenvalue weighted by atomic mass is 10.3. The predicted molar refractivity (Wildman–Crippen MR) is 74.2 cm³/mol.